The van der Waals surface area contributed by atoms with Crippen LogP contribution in [-0.4, -0.2) is 11.5 Å². The van der Waals surface area contributed by atoms with Gasteiger partial charge in [0.15, 0.2) is 0 Å². The first kappa shape index (κ1) is 13.2. The lowest BCUT2D eigenvalue weighted by atomic mass is 10.0. The van der Waals surface area contributed by atoms with E-state index in [1.54, 1.807) is 6.20 Å². The van der Waals surface area contributed by atoms with Gasteiger partial charge in [0.2, 0.25) is 0 Å². The van der Waals surface area contributed by atoms with Gasteiger partial charge in [-0.3, -0.25) is 0 Å². The molecule has 0 amide bonds. The summed E-state index contributed by atoms with van der Waals surface area (Å²) in [6.45, 7) is 0.963. The van der Waals surface area contributed by atoms with E-state index in [-0.39, 0.29) is 0 Å². The zero-order chi connectivity index (χ0) is 12.1. The largest absolute Gasteiger partial charge is 0.369 e. The highest BCUT2D eigenvalue weighted by Crippen LogP contribution is 2.28. The van der Waals surface area contributed by atoms with Gasteiger partial charge in [-0.05, 0) is 40.8 Å². The van der Waals surface area contributed by atoms with E-state index >= 15 is 0 Å². The Balaban J connectivity index is 1.70. The number of rotatable bonds is 5. The van der Waals surface area contributed by atoms with Gasteiger partial charge in [0, 0.05) is 17.2 Å². The summed E-state index contributed by atoms with van der Waals surface area (Å²) in [5, 5.41) is 3.98. The Morgan fingerprint density at radius 1 is 1.41 bits per heavy atom. The minimum Gasteiger partial charge on any atom is -0.369 e. The first-order valence-corrected chi connectivity index (χ1v) is 7.48. The molecule has 0 aromatic carbocycles. The maximum Gasteiger partial charge on any atom is 0.144 e. The van der Waals surface area contributed by atoms with E-state index in [0.717, 1.165) is 22.8 Å². The average Bonchev–Trinajstić information content (AvgIpc) is 2.79. The predicted octanol–water partition coefficient (Wildman–Crippen LogP) is 4.88. The predicted molar refractivity (Wildman–Crippen MR) is 76.6 cm³/mol. The molecule has 1 fully saturated rings. The van der Waals surface area contributed by atoms with Gasteiger partial charge in [0.05, 0.1) is 5.02 Å². The monoisotopic (exact) mass is 316 g/mol. The fourth-order valence-corrected chi connectivity index (χ4v) is 3.14. The summed E-state index contributed by atoms with van der Waals surface area (Å²) in [5.41, 5.74) is 0. The molecule has 1 aliphatic rings. The Hall–Kier alpha value is -0.280. The standard InChI is InChI=1S/C13H18BrClN2/c14-11-8-12(15)13(17-9-11)16-7-3-6-10-4-1-2-5-10/h8-10H,1-7H2,(H,16,17). The third-order valence-corrected chi connectivity index (χ3v) is 4.09. The van der Waals surface area contributed by atoms with Crippen LogP contribution in [0.1, 0.15) is 38.5 Å². The second-order valence-corrected chi connectivity index (χ2v) is 6.03. The van der Waals surface area contributed by atoms with Crippen LogP contribution in [0.2, 0.25) is 5.02 Å². The number of halogens is 2. The molecule has 4 heteroatoms. The van der Waals surface area contributed by atoms with E-state index in [1.165, 1.54) is 38.5 Å². The molecule has 1 aromatic rings. The SMILES string of the molecule is Clc1cc(Br)cnc1NCCCC1CCCC1. The third kappa shape index (κ3) is 4.14. The van der Waals surface area contributed by atoms with Crippen molar-refractivity contribution in [2.75, 3.05) is 11.9 Å². The first-order chi connectivity index (χ1) is 8.25. The van der Waals surface area contributed by atoms with Gasteiger partial charge in [-0.2, -0.15) is 0 Å². The fourth-order valence-electron chi connectivity index (χ4n) is 2.44. The van der Waals surface area contributed by atoms with Crippen LogP contribution in [0.3, 0.4) is 0 Å². The topological polar surface area (TPSA) is 24.9 Å². The number of nitrogens with one attached hydrogen (secondary N) is 1. The molecule has 1 aromatic heterocycles. The van der Waals surface area contributed by atoms with Crippen molar-refractivity contribution in [3.05, 3.63) is 21.8 Å². The van der Waals surface area contributed by atoms with E-state index < -0.39 is 0 Å². The molecule has 17 heavy (non-hydrogen) atoms. The van der Waals surface area contributed by atoms with Crippen LogP contribution >= 0.6 is 27.5 Å². The summed E-state index contributed by atoms with van der Waals surface area (Å²) >= 11 is 9.43. The Morgan fingerprint density at radius 3 is 2.88 bits per heavy atom. The lowest BCUT2D eigenvalue weighted by molar-refractivity contribution is 0.491. The molecule has 0 saturated heterocycles. The Kier molecular flexibility index (Phi) is 5.11. The van der Waals surface area contributed by atoms with Crippen molar-refractivity contribution < 1.29 is 0 Å². The highest BCUT2D eigenvalue weighted by molar-refractivity contribution is 9.10. The summed E-state index contributed by atoms with van der Waals surface area (Å²) < 4.78 is 0.916. The van der Waals surface area contributed by atoms with E-state index in [4.69, 9.17) is 11.6 Å². The van der Waals surface area contributed by atoms with Crippen LogP contribution in [0, 0.1) is 5.92 Å². The molecule has 1 N–H and O–H groups in total. The molecule has 0 bridgehead atoms. The van der Waals surface area contributed by atoms with Crippen LogP contribution in [0.15, 0.2) is 16.7 Å². The second kappa shape index (κ2) is 6.60. The number of aromatic nitrogens is 1. The average molecular weight is 318 g/mol. The van der Waals surface area contributed by atoms with Gasteiger partial charge >= 0.3 is 0 Å². The van der Waals surface area contributed by atoms with Crippen molar-refractivity contribution in [1.82, 2.24) is 4.98 Å². The van der Waals surface area contributed by atoms with Gasteiger partial charge in [-0.15, -0.1) is 0 Å². The molecule has 0 spiro atoms. The molecular weight excluding hydrogens is 300 g/mol. The third-order valence-electron chi connectivity index (χ3n) is 3.36. The van der Waals surface area contributed by atoms with Crippen molar-refractivity contribution >= 4 is 33.3 Å². The van der Waals surface area contributed by atoms with Crippen molar-refractivity contribution in [2.24, 2.45) is 5.92 Å². The zero-order valence-corrected chi connectivity index (χ0v) is 12.2. The van der Waals surface area contributed by atoms with Gasteiger partial charge in [0.25, 0.3) is 0 Å². The summed E-state index contributed by atoms with van der Waals surface area (Å²) in [7, 11) is 0. The van der Waals surface area contributed by atoms with Crippen molar-refractivity contribution in [2.45, 2.75) is 38.5 Å². The van der Waals surface area contributed by atoms with Gasteiger partial charge in [-0.25, -0.2) is 4.98 Å². The first-order valence-electron chi connectivity index (χ1n) is 6.30. The molecule has 2 nitrogen and oxygen atoms in total. The number of nitrogens with zero attached hydrogens (tertiary/aromatic N) is 1. The molecule has 1 heterocycles. The Labute approximate surface area is 116 Å². The number of hydrogen-bond donors (Lipinski definition) is 1. The lowest BCUT2D eigenvalue weighted by Gasteiger charge is -2.10. The highest BCUT2D eigenvalue weighted by Gasteiger charge is 2.14. The minimum atomic E-state index is 0.681. The smallest absolute Gasteiger partial charge is 0.144 e. The normalized spacial score (nSPS) is 16.4. The van der Waals surface area contributed by atoms with Crippen LogP contribution in [-0.2, 0) is 0 Å². The molecule has 1 aliphatic carbocycles. The van der Waals surface area contributed by atoms with Crippen molar-refractivity contribution in [1.29, 1.82) is 0 Å². The second-order valence-electron chi connectivity index (χ2n) is 4.70. The number of hydrogen-bond acceptors (Lipinski definition) is 2. The van der Waals surface area contributed by atoms with Crippen LogP contribution in [0.25, 0.3) is 0 Å². The summed E-state index contributed by atoms with van der Waals surface area (Å²) in [5.74, 6) is 1.76. The Morgan fingerprint density at radius 2 is 2.18 bits per heavy atom. The zero-order valence-electron chi connectivity index (χ0n) is 9.88. The van der Waals surface area contributed by atoms with E-state index in [1.807, 2.05) is 6.07 Å². The van der Waals surface area contributed by atoms with E-state index in [0.29, 0.717) is 5.02 Å². The van der Waals surface area contributed by atoms with Crippen LogP contribution in [0.5, 0.6) is 0 Å². The van der Waals surface area contributed by atoms with E-state index in [2.05, 4.69) is 26.2 Å². The number of pyridine rings is 1. The summed E-state index contributed by atoms with van der Waals surface area (Å²) in [4.78, 5) is 4.26. The maximum absolute atomic E-state index is 6.08. The van der Waals surface area contributed by atoms with Crippen LogP contribution in [0.4, 0.5) is 5.82 Å². The molecule has 94 valence electrons. The summed E-state index contributed by atoms with van der Waals surface area (Å²) in [6, 6.07) is 1.87. The molecule has 0 radical (unpaired) electrons. The fraction of sp³-hybridized carbons (Fsp3) is 0.615. The quantitative estimate of drug-likeness (QED) is 0.783. The van der Waals surface area contributed by atoms with Crippen molar-refractivity contribution in [3.63, 3.8) is 0 Å². The molecule has 1 saturated carbocycles. The lowest BCUT2D eigenvalue weighted by Crippen LogP contribution is -2.05. The molecule has 0 aliphatic heterocycles. The van der Waals surface area contributed by atoms with E-state index in [9.17, 15) is 0 Å². The molecule has 2 rings (SSSR count). The van der Waals surface area contributed by atoms with Gasteiger partial charge < -0.3 is 5.32 Å². The highest BCUT2D eigenvalue weighted by atomic mass is 79.9. The maximum atomic E-state index is 6.08. The molecule has 0 unspecified atom stereocenters. The number of anilines is 1. The summed E-state index contributed by atoms with van der Waals surface area (Å²) in [6.07, 6.45) is 10.0. The minimum absolute atomic E-state index is 0.681. The van der Waals surface area contributed by atoms with Crippen molar-refractivity contribution in [3.8, 4) is 0 Å². The Bertz CT molecular complexity index is 364. The van der Waals surface area contributed by atoms with Crippen LogP contribution < -0.4 is 5.32 Å². The molecule has 0 atom stereocenters. The molecular formula is C13H18BrClN2. The van der Waals surface area contributed by atoms with Gasteiger partial charge in [0.1, 0.15) is 5.82 Å². The van der Waals surface area contributed by atoms with Gasteiger partial charge in [-0.1, -0.05) is 37.3 Å².